The average molecular weight is 413 g/mol. The van der Waals surface area contributed by atoms with Crippen LogP contribution < -0.4 is 4.90 Å². The lowest BCUT2D eigenvalue weighted by Gasteiger charge is -2.20. The summed E-state index contributed by atoms with van der Waals surface area (Å²) in [5.74, 6) is 0. The summed E-state index contributed by atoms with van der Waals surface area (Å²) in [7, 11) is -1.96. The van der Waals surface area contributed by atoms with E-state index in [9.17, 15) is 18.5 Å². The number of hydrogen-bond donors (Lipinski definition) is 0. The first-order chi connectivity index (χ1) is 11.2. The fourth-order valence-corrected chi connectivity index (χ4v) is 3.49. The minimum absolute atomic E-state index is 0.263. The van der Waals surface area contributed by atoms with Crippen LogP contribution in [0.5, 0.6) is 0 Å². The van der Waals surface area contributed by atoms with Crippen molar-refractivity contribution in [3.63, 3.8) is 0 Å². The standard InChI is InChI=1S/C16H17BrN2O4S/c1-18(11-10-12-6-8-13(17)9-7-12)14-4-3-5-15(24(2,22)23)16(14)19(20)21/h3-9H,10-11H2,1-2H3. The summed E-state index contributed by atoms with van der Waals surface area (Å²) < 4.78 is 24.6. The lowest BCUT2D eigenvalue weighted by Crippen LogP contribution is -2.22. The van der Waals surface area contributed by atoms with Crippen LogP contribution in [0.4, 0.5) is 11.4 Å². The summed E-state index contributed by atoms with van der Waals surface area (Å²) in [6.45, 7) is 0.523. The third-order valence-electron chi connectivity index (χ3n) is 3.62. The Morgan fingerprint density at radius 3 is 2.33 bits per heavy atom. The predicted molar refractivity (Wildman–Crippen MR) is 97.3 cm³/mol. The SMILES string of the molecule is CN(CCc1ccc(Br)cc1)c1cccc(S(C)(=O)=O)c1[N+](=O)[O-]. The van der Waals surface area contributed by atoms with Gasteiger partial charge in [0, 0.05) is 24.3 Å². The van der Waals surface area contributed by atoms with Crippen molar-refractivity contribution in [2.45, 2.75) is 11.3 Å². The number of halogens is 1. The second kappa shape index (κ2) is 7.31. The molecular weight excluding hydrogens is 396 g/mol. The minimum atomic E-state index is -3.68. The molecule has 0 bridgehead atoms. The van der Waals surface area contributed by atoms with E-state index in [1.165, 1.54) is 12.1 Å². The quantitative estimate of drug-likeness (QED) is 0.536. The van der Waals surface area contributed by atoms with Crippen molar-refractivity contribution in [1.29, 1.82) is 0 Å². The normalized spacial score (nSPS) is 11.3. The van der Waals surface area contributed by atoms with Gasteiger partial charge in [0.1, 0.15) is 10.6 Å². The number of rotatable bonds is 6. The van der Waals surface area contributed by atoms with Gasteiger partial charge in [0.2, 0.25) is 0 Å². The molecule has 0 spiro atoms. The summed E-state index contributed by atoms with van der Waals surface area (Å²) in [5, 5.41) is 11.4. The number of nitro benzene ring substituents is 1. The molecule has 2 aromatic carbocycles. The molecule has 24 heavy (non-hydrogen) atoms. The van der Waals surface area contributed by atoms with E-state index in [0.717, 1.165) is 16.3 Å². The lowest BCUT2D eigenvalue weighted by molar-refractivity contribution is -0.387. The van der Waals surface area contributed by atoms with Gasteiger partial charge in [-0.3, -0.25) is 10.1 Å². The van der Waals surface area contributed by atoms with Gasteiger partial charge in [0.15, 0.2) is 9.84 Å². The number of nitrogens with zero attached hydrogens (tertiary/aromatic N) is 2. The predicted octanol–water partition coefficient (Wildman–Crippen LogP) is 3.44. The maximum atomic E-state index is 11.8. The highest BCUT2D eigenvalue weighted by atomic mass is 79.9. The van der Waals surface area contributed by atoms with Crippen LogP contribution in [0.25, 0.3) is 0 Å². The van der Waals surface area contributed by atoms with Gasteiger partial charge < -0.3 is 4.90 Å². The molecule has 0 heterocycles. The first-order valence-corrected chi connectivity index (χ1v) is 9.81. The minimum Gasteiger partial charge on any atom is -0.369 e. The zero-order valence-corrected chi connectivity index (χ0v) is 15.7. The molecule has 0 amide bonds. The fourth-order valence-electron chi connectivity index (χ4n) is 2.37. The van der Waals surface area contributed by atoms with E-state index >= 15 is 0 Å². The number of anilines is 1. The number of benzene rings is 2. The summed E-state index contributed by atoms with van der Waals surface area (Å²) in [6, 6.07) is 12.2. The highest BCUT2D eigenvalue weighted by Gasteiger charge is 2.27. The Bertz CT molecular complexity index is 851. The molecule has 6 nitrogen and oxygen atoms in total. The first-order valence-electron chi connectivity index (χ1n) is 7.13. The van der Waals surface area contributed by atoms with Gasteiger partial charge in [-0.05, 0) is 36.2 Å². The average Bonchev–Trinajstić information content (AvgIpc) is 2.52. The highest BCUT2D eigenvalue weighted by Crippen LogP contribution is 2.34. The van der Waals surface area contributed by atoms with Crippen LogP contribution in [-0.2, 0) is 16.3 Å². The second-order valence-electron chi connectivity index (χ2n) is 5.45. The Labute approximate surface area is 149 Å². The third-order valence-corrected chi connectivity index (χ3v) is 5.28. The molecule has 0 saturated heterocycles. The van der Waals surface area contributed by atoms with Gasteiger partial charge in [-0.15, -0.1) is 0 Å². The fraction of sp³-hybridized carbons (Fsp3) is 0.250. The van der Waals surface area contributed by atoms with Crippen molar-refractivity contribution in [3.05, 3.63) is 62.6 Å². The lowest BCUT2D eigenvalue weighted by atomic mass is 10.1. The monoisotopic (exact) mass is 412 g/mol. The van der Waals surface area contributed by atoms with Crippen molar-refractivity contribution in [2.75, 3.05) is 24.7 Å². The van der Waals surface area contributed by atoms with Crippen LogP contribution >= 0.6 is 15.9 Å². The summed E-state index contributed by atoms with van der Waals surface area (Å²) in [5.41, 5.74) is 1.00. The van der Waals surface area contributed by atoms with Gasteiger partial charge in [0.25, 0.3) is 0 Å². The number of hydrogen-bond acceptors (Lipinski definition) is 5. The molecule has 0 unspecified atom stereocenters. The molecule has 2 aromatic rings. The van der Waals surface area contributed by atoms with Gasteiger partial charge in [0.05, 0.1) is 4.92 Å². The third kappa shape index (κ3) is 4.33. The van der Waals surface area contributed by atoms with E-state index in [2.05, 4.69) is 15.9 Å². The van der Waals surface area contributed by atoms with E-state index in [-0.39, 0.29) is 10.6 Å². The second-order valence-corrected chi connectivity index (χ2v) is 8.35. The van der Waals surface area contributed by atoms with Gasteiger partial charge in [-0.2, -0.15) is 0 Å². The summed E-state index contributed by atoms with van der Waals surface area (Å²) in [6.07, 6.45) is 1.66. The molecule has 0 fully saturated rings. The Morgan fingerprint density at radius 1 is 1.17 bits per heavy atom. The molecule has 0 aliphatic heterocycles. The summed E-state index contributed by atoms with van der Waals surface area (Å²) in [4.78, 5) is 12.2. The van der Waals surface area contributed by atoms with Crippen LogP contribution in [-0.4, -0.2) is 33.2 Å². The topological polar surface area (TPSA) is 80.5 Å². The maximum Gasteiger partial charge on any atom is 0.311 e. The van der Waals surface area contributed by atoms with Crippen molar-refractivity contribution in [2.24, 2.45) is 0 Å². The molecular formula is C16H17BrN2O4S. The maximum absolute atomic E-state index is 11.8. The van der Waals surface area contributed by atoms with Crippen molar-refractivity contribution in [3.8, 4) is 0 Å². The molecule has 0 saturated carbocycles. The Morgan fingerprint density at radius 2 is 1.79 bits per heavy atom. The molecule has 0 radical (unpaired) electrons. The van der Waals surface area contributed by atoms with Gasteiger partial charge >= 0.3 is 5.69 Å². The smallest absolute Gasteiger partial charge is 0.311 e. The Hall–Kier alpha value is -1.93. The first kappa shape index (κ1) is 18.4. The van der Waals surface area contributed by atoms with Crippen LogP contribution in [0, 0.1) is 10.1 Å². The van der Waals surface area contributed by atoms with Gasteiger partial charge in [-0.25, -0.2) is 8.42 Å². The van der Waals surface area contributed by atoms with E-state index in [1.54, 1.807) is 18.0 Å². The zero-order valence-electron chi connectivity index (χ0n) is 13.3. The molecule has 0 N–H and O–H groups in total. The zero-order chi connectivity index (χ0) is 17.9. The largest absolute Gasteiger partial charge is 0.369 e. The van der Waals surface area contributed by atoms with E-state index in [1.807, 2.05) is 24.3 Å². The number of para-hydroxylation sites is 1. The number of likely N-dealkylation sites (N-methyl/N-ethyl adjacent to an activating group) is 1. The summed E-state index contributed by atoms with van der Waals surface area (Å²) >= 11 is 3.37. The molecule has 0 atom stereocenters. The Kier molecular flexibility index (Phi) is 5.61. The van der Waals surface area contributed by atoms with Crippen LogP contribution in [0.3, 0.4) is 0 Å². The van der Waals surface area contributed by atoms with Crippen LogP contribution in [0.1, 0.15) is 5.56 Å². The van der Waals surface area contributed by atoms with E-state index < -0.39 is 14.8 Å². The van der Waals surface area contributed by atoms with E-state index in [4.69, 9.17) is 0 Å². The van der Waals surface area contributed by atoms with Crippen LogP contribution in [0.15, 0.2) is 51.8 Å². The number of sulfone groups is 1. The molecule has 2 rings (SSSR count). The van der Waals surface area contributed by atoms with Crippen molar-refractivity contribution >= 4 is 37.1 Å². The molecule has 0 aromatic heterocycles. The van der Waals surface area contributed by atoms with Crippen LogP contribution in [0.2, 0.25) is 0 Å². The Balaban J connectivity index is 2.30. The molecule has 0 aliphatic rings. The molecule has 0 aliphatic carbocycles. The number of nitro groups is 1. The molecule has 128 valence electrons. The van der Waals surface area contributed by atoms with E-state index in [0.29, 0.717) is 18.7 Å². The molecule has 8 heteroatoms. The van der Waals surface area contributed by atoms with Gasteiger partial charge in [-0.1, -0.05) is 34.1 Å². The highest BCUT2D eigenvalue weighted by molar-refractivity contribution is 9.10. The van der Waals surface area contributed by atoms with Crippen molar-refractivity contribution < 1.29 is 13.3 Å². The van der Waals surface area contributed by atoms with Crippen molar-refractivity contribution in [1.82, 2.24) is 0 Å².